The zero-order valence-electron chi connectivity index (χ0n) is 10.8. The summed E-state index contributed by atoms with van der Waals surface area (Å²) in [6.07, 6.45) is 2.14. The van der Waals surface area contributed by atoms with Gasteiger partial charge in [0.1, 0.15) is 6.04 Å². The molecule has 0 radical (unpaired) electrons. The van der Waals surface area contributed by atoms with Crippen LogP contribution in [0.4, 0.5) is 5.69 Å². The van der Waals surface area contributed by atoms with Gasteiger partial charge in [-0.25, -0.2) is 4.79 Å². The van der Waals surface area contributed by atoms with Crippen LogP contribution in [0.15, 0.2) is 30.3 Å². The number of likely N-dealkylation sites (tertiary alicyclic amines) is 1. The number of benzene rings is 1. The zero-order chi connectivity index (χ0) is 14.7. The SMILES string of the molecule is Nc1cccc(/C=C/C(=O)N2CC(O)CC2C(=O)O)c1. The van der Waals surface area contributed by atoms with Crippen LogP contribution < -0.4 is 5.73 Å². The Kier molecular flexibility index (Phi) is 4.05. The number of carboxylic acids is 1. The van der Waals surface area contributed by atoms with Crippen LogP contribution in [0.5, 0.6) is 0 Å². The molecule has 6 heteroatoms. The molecule has 2 atom stereocenters. The number of carboxylic acid groups (broad SMARTS) is 1. The van der Waals surface area contributed by atoms with Gasteiger partial charge in [-0.1, -0.05) is 12.1 Å². The first-order valence-corrected chi connectivity index (χ1v) is 6.22. The molecule has 2 rings (SSSR count). The molecular formula is C14H16N2O4. The molecule has 1 aliphatic rings. The number of nitrogens with zero attached hydrogens (tertiary/aromatic N) is 1. The van der Waals surface area contributed by atoms with Crippen molar-refractivity contribution in [2.75, 3.05) is 12.3 Å². The van der Waals surface area contributed by atoms with Gasteiger partial charge < -0.3 is 20.8 Å². The largest absolute Gasteiger partial charge is 0.480 e. The summed E-state index contributed by atoms with van der Waals surface area (Å²) >= 11 is 0. The van der Waals surface area contributed by atoms with Crippen LogP contribution in [0.25, 0.3) is 6.08 Å². The normalized spacial score (nSPS) is 22.4. The van der Waals surface area contributed by atoms with Crippen LogP contribution >= 0.6 is 0 Å². The second kappa shape index (κ2) is 5.75. The third-order valence-corrected chi connectivity index (χ3v) is 3.18. The van der Waals surface area contributed by atoms with Gasteiger partial charge in [-0.3, -0.25) is 4.79 Å². The zero-order valence-corrected chi connectivity index (χ0v) is 10.8. The molecule has 0 bridgehead atoms. The lowest BCUT2D eigenvalue weighted by atomic mass is 10.2. The molecule has 1 aromatic rings. The Labute approximate surface area is 116 Å². The summed E-state index contributed by atoms with van der Waals surface area (Å²) in [5.74, 6) is -1.54. The van der Waals surface area contributed by atoms with Crippen molar-refractivity contribution in [1.82, 2.24) is 4.90 Å². The minimum absolute atomic E-state index is 0.0388. The van der Waals surface area contributed by atoms with Gasteiger partial charge in [0.15, 0.2) is 0 Å². The summed E-state index contributed by atoms with van der Waals surface area (Å²) in [5.41, 5.74) is 6.96. The highest BCUT2D eigenvalue weighted by atomic mass is 16.4. The predicted molar refractivity (Wildman–Crippen MR) is 73.6 cm³/mol. The molecule has 6 nitrogen and oxygen atoms in total. The van der Waals surface area contributed by atoms with Crippen molar-refractivity contribution in [3.8, 4) is 0 Å². The number of nitrogens with two attached hydrogens (primary N) is 1. The summed E-state index contributed by atoms with van der Waals surface area (Å²) in [6, 6.07) is 6.02. The molecule has 4 N–H and O–H groups in total. The molecule has 0 saturated carbocycles. The van der Waals surface area contributed by atoms with E-state index in [0.29, 0.717) is 5.69 Å². The van der Waals surface area contributed by atoms with E-state index in [1.165, 1.54) is 6.08 Å². The Hall–Kier alpha value is -2.34. The second-order valence-electron chi connectivity index (χ2n) is 4.74. The summed E-state index contributed by atoms with van der Waals surface area (Å²) < 4.78 is 0. The van der Waals surface area contributed by atoms with Gasteiger partial charge in [0, 0.05) is 24.7 Å². The average Bonchev–Trinajstić information content (AvgIpc) is 2.78. The molecule has 1 aromatic carbocycles. The Morgan fingerprint density at radius 2 is 2.15 bits per heavy atom. The Morgan fingerprint density at radius 3 is 2.80 bits per heavy atom. The van der Waals surface area contributed by atoms with E-state index in [2.05, 4.69) is 0 Å². The number of amides is 1. The number of aliphatic hydroxyl groups excluding tert-OH is 1. The quantitative estimate of drug-likeness (QED) is 0.545. The van der Waals surface area contributed by atoms with Crippen molar-refractivity contribution in [3.05, 3.63) is 35.9 Å². The van der Waals surface area contributed by atoms with Crippen molar-refractivity contribution < 1.29 is 19.8 Å². The highest BCUT2D eigenvalue weighted by Gasteiger charge is 2.37. The van der Waals surface area contributed by atoms with Crippen LogP contribution in [-0.4, -0.2) is 45.7 Å². The maximum Gasteiger partial charge on any atom is 0.326 e. The molecule has 0 aromatic heterocycles. The first-order chi connectivity index (χ1) is 9.47. The molecule has 1 saturated heterocycles. The number of aliphatic hydroxyl groups is 1. The van der Waals surface area contributed by atoms with Gasteiger partial charge in [0.05, 0.1) is 6.10 Å². The van der Waals surface area contributed by atoms with Crippen molar-refractivity contribution in [2.45, 2.75) is 18.6 Å². The molecular weight excluding hydrogens is 260 g/mol. The number of nitrogen functional groups attached to an aromatic ring is 1. The number of rotatable bonds is 3. The first kappa shape index (κ1) is 14.1. The molecule has 1 fully saturated rings. The summed E-state index contributed by atoms with van der Waals surface area (Å²) in [6.45, 7) is 0.0388. The number of carbonyl (C=O) groups excluding carboxylic acids is 1. The number of anilines is 1. The smallest absolute Gasteiger partial charge is 0.326 e. The Bertz CT molecular complexity index is 556. The topological polar surface area (TPSA) is 104 Å². The fraction of sp³-hybridized carbons (Fsp3) is 0.286. The van der Waals surface area contributed by atoms with Crippen molar-refractivity contribution in [3.63, 3.8) is 0 Å². The fourth-order valence-electron chi connectivity index (χ4n) is 2.22. The van der Waals surface area contributed by atoms with Gasteiger partial charge in [0.2, 0.25) is 5.91 Å². The molecule has 0 aliphatic carbocycles. The molecule has 1 amide bonds. The number of aliphatic carboxylic acids is 1. The summed E-state index contributed by atoms with van der Waals surface area (Å²) in [5, 5.41) is 18.5. The monoisotopic (exact) mass is 276 g/mol. The maximum atomic E-state index is 12.0. The van der Waals surface area contributed by atoms with Crippen molar-refractivity contribution >= 4 is 23.6 Å². The minimum atomic E-state index is -1.10. The van der Waals surface area contributed by atoms with Gasteiger partial charge >= 0.3 is 5.97 Å². The Balaban J connectivity index is 2.09. The van der Waals surface area contributed by atoms with E-state index in [1.54, 1.807) is 30.3 Å². The van der Waals surface area contributed by atoms with Gasteiger partial charge in [-0.15, -0.1) is 0 Å². The van der Waals surface area contributed by atoms with Gasteiger partial charge in [-0.05, 0) is 23.8 Å². The molecule has 1 heterocycles. The average molecular weight is 276 g/mol. The third-order valence-electron chi connectivity index (χ3n) is 3.18. The molecule has 1 aliphatic heterocycles. The number of hydrogen-bond acceptors (Lipinski definition) is 4. The van der Waals surface area contributed by atoms with Crippen molar-refractivity contribution in [2.24, 2.45) is 0 Å². The molecule has 0 spiro atoms. The van der Waals surface area contributed by atoms with Crippen LogP contribution in [0, 0.1) is 0 Å². The van der Waals surface area contributed by atoms with E-state index >= 15 is 0 Å². The number of hydrogen-bond donors (Lipinski definition) is 3. The molecule has 106 valence electrons. The second-order valence-corrected chi connectivity index (χ2v) is 4.74. The highest BCUT2D eigenvalue weighted by Crippen LogP contribution is 2.19. The summed E-state index contributed by atoms with van der Waals surface area (Å²) in [4.78, 5) is 24.2. The summed E-state index contributed by atoms with van der Waals surface area (Å²) in [7, 11) is 0. The highest BCUT2D eigenvalue weighted by molar-refractivity contribution is 5.95. The van der Waals surface area contributed by atoms with E-state index < -0.39 is 24.0 Å². The lowest BCUT2D eigenvalue weighted by Gasteiger charge is -2.19. The van der Waals surface area contributed by atoms with Gasteiger partial charge in [-0.2, -0.15) is 0 Å². The fourth-order valence-corrected chi connectivity index (χ4v) is 2.22. The van der Waals surface area contributed by atoms with Crippen LogP contribution in [0.2, 0.25) is 0 Å². The van der Waals surface area contributed by atoms with E-state index in [1.807, 2.05) is 0 Å². The predicted octanol–water partition coefficient (Wildman–Crippen LogP) is 0.328. The standard InChI is InChI=1S/C14H16N2O4/c15-10-3-1-2-9(6-10)4-5-13(18)16-8-11(17)7-12(16)14(19)20/h1-6,11-12,17H,7-8,15H2,(H,19,20)/b5-4+. The van der Waals surface area contributed by atoms with E-state index in [0.717, 1.165) is 10.5 Å². The van der Waals surface area contributed by atoms with E-state index in [9.17, 15) is 14.7 Å². The first-order valence-electron chi connectivity index (χ1n) is 6.22. The lowest BCUT2D eigenvalue weighted by molar-refractivity contribution is -0.146. The van der Waals surface area contributed by atoms with E-state index in [-0.39, 0.29) is 13.0 Å². The van der Waals surface area contributed by atoms with Gasteiger partial charge in [0.25, 0.3) is 0 Å². The van der Waals surface area contributed by atoms with Crippen LogP contribution in [0.3, 0.4) is 0 Å². The van der Waals surface area contributed by atoms with E-state index in [4.69, 9.17) is 10.8 Å². The maximum absolute atomic E-state index is 12.0. The van der Waals surface area contributed by atoms with Crippen LogP contribution in [0.1, 0.15) is 12.0 Å². The number of carbonyl (C=O) groups is 2. The lowest BCUT2D eigenvalue weighted by Crippen LogP contribution is -2.39. The Morgan fingerprint density at radius 1 is 1.40 bits per heavy atom. The van der Waals surface area contributed by atoms with Crippen molar-refractivity contribution in [1.29, 1.82) is 0 Å². The minimum Gasteiger partial charge on any atom is -0.480 e. The van der Waals surface area contributed by atoms with Crippen LogP contribution in [-0.2, 0) is 9.59 Å². The molecule has 20 heavy (non-hydrogen) atoms. The number of β-amino-alcohol motifs (C(OH)–C–C–N with tert-alkyl or cyclic N) is 1. The third kappa shape index (κ3) is 3.16. The molecule has 2 unspecified atom stereocenters.